The molecule has 1 aliphatic heterocycles. The van der Waals surface area contributed by atoms with Gasteiger partial charge in [-0.2, -0.15) is 0 Å². The molecule has 7 unspecified atom stereocenters. The van der Waals surface area contributed by atoms with Gasteiger partial charge in [0.05, 0.1) is 12.7 Å². The third-order valence-corrected chi connectivity index (χ3v) is 5.58. The van der Waals surface area contributed by atoms with Gasteiger partial charge < -0.3 is 4.74 Å². The van der Waals surface area contributed by atoms with Crippen LogP contribution in [0.1, 0.15) is 26.2 Å². The molecule has 0 radical (unpaired) electrons. The van der Waals surface area contributed by atoms with Gasteiger partial charge in [0.2, 0.25) is 0 Å². The van der Waals surface area contributed by atoms with Gasteiger partial charge in [0.25, 0.3) is 0 Å². The largest absolute Gasteiger partial charge is 0.378 e. The second-order valence-electron chi connectivity index (χ2n) is 5.66. The van der Waals surface area contributed by atoms with Crippen LogP contribution in [0, 0.1) is 35.5 Å². The molecule has 72 valence electrons. The SMILES string of the molecule is CCC1C2COC3CC4CC3C2C41. The Labute approximate surface area is 79.8 Å². The predicted molar refractivity (Wildman–Crippen MR) is 50.2 cm³/mol. The first kappa shape index (κ1) is 7.28. The molecule has 1 saturated heterocycles. The van der Waals surface area contributed by atoms with Gasteiger partial charge in [-0.3, -0.25) is 0 Å². The van der Waals surface area contributed by atoms with Gasteiger partial charge in [-0.25, -0.2) is 0 Å². The lowest BCUT2D eigenvalue weighted by atomic mass is 9.50. The summed E-state index contributed by atoms with van der Waals surface area (Å²) in [6.07, 6.45) is 5.03. The van der Waals surface area contributed by atoms with E-state index >= 15 is 0 Å². The number of ether oxygens (including phenoxy) is 1. The Balaban J connectivity index is 1.73. The first-order chi connectivity index (χ1) is 6.40. The summed E-state index contributed by atoms with van der Waals surface area (Å²) in [7, 11) is 0. The van der Waals surface area contributed by atoms with Crippen molar-refractivity contribution in [1.82, 2.24) is 0 Å². The maximum Gasteiger partial charge on any atom is 0.0609 e. The third-order valence-electron chi connectivity index (χ3n) is 5.58. The first-order valence-corrected chi connectivity index (χ1v) is 6.01. The van der Waals surface area contributed by atoms with Crippen molar-refractivity contribution in [2.45, 2.75) is 32.3 Å². The molecule has 7 atom stereocenters. The summed E-state index contributed by atoms with van der Waals surface area (Å²) < 4.78 is 5.98. The van der Waals surface area contributed by atoms with Gasteiger partial charge in [-0.15, -0.1) is 0 Å². The standard InChI is InChI=1S/C12H18O/c1-2-7-9-5-13-10-4-6-3-8(10)12(9)11(6)7/h6-12H,2-5H2,1H3. The minimum atomic E-state index is 0.695. The molecular weight excluding hydrogens is 160 g/mol. The van der Waals surface area contributed by atoms with Crippen molar-refractivity contribution in [3.8, 4) is 0 Å². The van der Waals surface area contributed by atoms with Crippen LogP contribution in [0.3, 0.4) is 0 Å². The molecule has 0 amide bonds. The molecule has 0 spiro atoms. The Morgan fingerprint density at radius 1 is 1.15 bits per heavy atom. The number of rotatable bonds is 1. The van der Waals surface area contributed by atoms with E-state index in [1.807, 2.05) is 0 Å². The van der Waals surface area contributed by atoms with E-state index in [9.17, 15) is 0 Å². The van der Waals surface area contributed by atoms with E-state index in [2.05, 4.69) is 6.92 Å². The van der Waals surface area contributed by atoms with Gasteiger partial charge in [0, 0.05) is 0 Å². The van der Waals surface area contributed by atoms with Crippen molar-refractivity contribution in [1.29, 1.82) is 0 Å². The van der Waals surface area contributed by atoms with Gasteiger partial charge in [0.1, 0.15) is 0 Å². The maximum atomic E-state index is 5.98. The van der Waals surface area contributed by atoms with Crippen LogP contribution in [0.5, 0.6) is 0 Å². The highest BCUT2D eigenvalue weighted by Crippen LogP contribution is 2.69. The molecule has 1 heteroatoms. The summed E-state index contributed by atoms with van der Waals surface area (Å²) in [5.74, 6) is 6.34. The Morgan fingerprint density at radius 3 is 2.92 bits per heavy atom. The van der Waals surface area contributed by atoms with Crippen molar-refractivity contribution in [3.63, 3.8) is 0 Å². The highest BCUT2D eigenvalue weighted by atomic mass is 16.5. The zero-order valence-corrected chi connectivity index (χ0v) is 8.28. The zero-order valence-electron chi connectivity index (χ0n) is 8.28. The van der Waals surface area contributed by atoms with Crippen molar-refractivity contribution in [2.75, 3.05) is 6.61 Å². The summed E-state index contributed by atoms with van der Waals surface area (Å²) >= 11 is 0. The van der Waals surface area contributed by atoms with Crippen LogP contribution in [0.15, 0.2) is 0 Å². The van der Waals surface area contributed by atoms with Crippen LogP contribution in [-0.2, 0) is 4.74 Å². The van der Waals surface area contributed by atoms with E-state index in [4.69, 9.17) is 4.74 Å². The Hall–Kier alpha value is -0.0400. The summed E-state index contributed by atoms with van der Waals surface area (Å²) in [4.78, 5) is 0. The van der Waals surface area contributed by atoms with Crippen molar-refractivity contribution >= 4 is 0 Å². The molecule has 4 rings (SSSR count). The van der Waals surface area contributed by atoms with Gasteiger partial charge in [0.15, 0.2) is 0 Å². The lowest BCUT2D eigenvalue weighted by Gasteiger charge is -2.59. The highest BCUT2D eigenvalue weighted by Gasteiger charge is 2.67. The van der Waals surface area contributed by atoms with E-state index in [1.165, 1.54) is 19.3 Å². The molecular formula is C12H18O. The van der Waals surface area contributed by atoms with Crippen LogP contribution in [0.25, 0.3) is 0 Å². The molecule has 0 N–H and O–H groups in total. The smallest absolute Gasteiger partial charge is 0.0609 e. The Bertz CT molecular complexity index is 244. The zero-order chi connectivity index (χ0) is 8.58. The molecule has 3 aliphatic carbocycles. The minimum Gasteiger partial charge on any atom is -0.378 e. The van der Waals surface area contributed by atoms with Crippen LogP contribution in [-0.4, -0.2) is 12.7 Å². The third kappa shape index (κ3) is 0.643. The van der Waals surface area contributed by atoms with Crippen molar-refractivity contribution < 1.29 is 4.74 Å². The Kier molecular flexibility index (Phi) is 1.19. The van der Waals surface area contributed by atoms with Crippen LogP contribution >= 0.6 is 0 Å². The van der Waals surface area contributed by atoms with Crippen LogP contribution in [0.4, 0.5) is 0 Å². The molecule has 0 aromatic heterocycles. The second kappa shape index (κ2) is 2.13. The lowest BCUT2D eigenvalue weighted by Crippen LogP contribution is -2.58. The van der Waals surface area contributed by atoms with Crippen molar-refractivity contribution in [3.05, 3.63) is 0 Å². The van der Waals surface area contributed by atoms with E-state index in [0.29, 0.717) is 6.10 Å². The molecule has 0 aromatic rings. The number of hydrogen-bond donors (Lipinski definition) is 0. The van der Waals surface area contributed by atoms with Gasteiger partial charge >= 0.3 is 0 Å². The fourth-order valence-electron chi connectivity index (χ4n) is 5.29. The lowest BCUT2D eigenvalue weighted by molar-refractivity contribution is -0.197. The summed E-state index contributed by atoms with van der Waals surface area (Å²) in [6, 6.07) is 0. The van der Waals surface area contributed by atoms with E-state index in [-0.39, 0.29) is 0 Å². The highest BCUT2D eigenvalue weighted by molar-refractivity contribution is 5.14. The van der Waals surface area contributed by atoms with Gasteiger partial charge in [-0.05, 0) is 48.3 Å². The molecule has 2 bridgehead atoms. The molecule has 1 nitrogen and oxygen atoms in total. The summed E-state index contributed by atoms with van der Waals surface area (Å²) in [5.41, 5.74) is 0. The molecule has 4 fully saturated rings. The molecule has 3 saturated carbocycles. The van der Waals surface area contributed by atoms with Crippen molar-refractivity contribution in [2.24, 2.45) is 35.5 Å². The quantitative estimate of drug-likeness (QED) is 0.598. The van der Waals surface area contributed by atoms with E-state index < -0.39 is 0 Å². The average molecular weight is 178 g/mol. The number of fused-ring (bicyclic) bond motifs is 2. The normalized spacial score (nSPS) is 66.7. The topological polar surface area (TPSA) is 9.23 Å². The second-order valence-corrected chi connectivity index (χ2v) is 5.66. The molecule has 4 aliphatic rings. The maximum absolute atomic E-state index is 5.98. The fourth-order valence-corrected chi connectivity index (χ4v) is 5.29. The fraction of sp³-hybridized carbons (Fsp3) is 1.00. The minimum absolute atomic E-state index is 0.695. The predicted octanol–water partition coefficient (Wildman–Crippen LogP) is 2.31. The molecule has 0 aromatic carbocycles. The van der Waals surface area contributed by atoms with E-state index in [0.717, 1.165) is 42.1 Å². The monoisotopic (exact) mass is 178 g/mol. The van der Waals surface area contributed by atoms with Crippen LogP contribution in [0.2, 0.25) is 0 Å². The molecule has 1 heterocycles. The Morgan fingerprint density at radius 2 is 2.08 bits per heavy atom. The number of hydrogen-bond acceptors (Lipinski definition) is 1. The van der Waals surface area contributed by atoms with E-state index in [1.54, 1.807) is 0 Å². The summed E-state index contributed by atoms with van der Waals surface area (Å²) in [6.45, 7) is 3.48. The van der Waals surface area contributed by atoms with Crippen LogP contribution < -0.4 is 0 Å². The van der Waals surface area contributed by atoms with Gasteiger partial charge in [-0.1, -0.05) is 13.3 Å². The molecule has 13 heavy (non-hydrogen) atoms. The summed E-state index contributed by atoms with van der Waals surface area (Å²) in [5, 5.41) is 0. The average Bonchev–Trinajstić information content (AvgIpc) is 2.57. The first-order valence-electron chi connectivity index (χ1n) is 6.01.